The maximum Gasteiger partial charge on any atom is 0.573 e. The van der Waals surface area contributed by atoms with Crippen molar-refractivity contribution >= 4 is 17.8 Å². The average Bonchev–Trinajstić information content (AvgIpc) is 3.67. The van der Waals surface area contributed by atoms with Gasteiger partial charge in [-0.2, -0.15) is 5.10 Å². The fourth-order valence-corrected chi connectivity index (χ4v) is 4.66. The van der Waals surface area contributed by atoms with Gasteiger partial charge in [-0.1, -0.05) is 24.3 Å². The number of nitrogens with zero attached hydrogens (tertiary/aromatic N) is 4. The van der Waals surface area contributed by atoms with E-state index in [4.69, 9.17) is 0 Å². The van der Waals surface area contributed by atoms with E-state index in [0.29, 0.717) is 23.7 Å². The third kappa shape index (κ3) is 6.42. The lowest BCUT2D eigenvalue weighted by Crippen LogP contribution is -2.49. The summed E-state index contributed by atoms with van der Waals surface area (Å²) in [4.78, 5) is 17.4. The zero-order valence-corrected chi connectivity index (χ0v) is 20.9. The zero-order valence-electron chi connectivity index (χ0n) is 20.9. The summed E-state index contributed by atoms with van der Waals surface area (Å²) < 4.78 is 57.4. The monoisotopic (exact) mass is 528 g/mol. The van der Waals surface area contributed by atoms with Crippen molar-refractivity contribution in [2.75, 3.05) is 26.2 Å². The molecule has 1 aromatic heterocycles. The molecular formula is C28H28F4N4O2. The highest BCUT2D eigenvalue weighted by Crippen LogP contribution is 2.28. The molecule has 200 valence electrons. The lowest BCUT2D eigenvalue weighted by atomic mass is 10.1. The molecule has 10 heteroatoms. The number of alkyl halides is 3. The number of hydrogen-bond acceptors (Lipinski definition) is 4. The van der Waals surface area contributed by atoms with Crippen LogP contribution in [0.15, 0.2) is 54.6 Å². The topological polar surface area (TPSA) is 50.6 Å². The minimum atomic E-state index is -4.79. The van der Waals surface area contributed by atoms with Gasteiger partial charge in [0.05, 0.1) is 6.54 Å². The van der Waals surface area contributed by atoms with Crippen molar-refractivity contribution in [2.45, 2.75) is 38.7 Å². The summed E-state index contributed by atoms with van der Waals surface area (Å²) in [5.41, 5.74) is 2.70. The standard InChI is InChI=1S/C28H28F4N4O2/c1-19-15-26(25(29)17-20-5-9-24(10-6-20)38-28(30,31)32)33-36(19)18-21-3-2-4-22(16-21)27(37)35-13-11-34(12-14-35)23-7-8-23/h2-6,9-10,15-17,23H,7-8,11-14,18H2,1H3/b25-17-. The van der Waals surface area contributed by atoms with E-state index in [1.165, 1.54) is 31.1 Å². The summed E-state index contributed by atoms with van der Waals surface area (Å²) in [7, 11) is 0. The van der Waals surface area contributed by atoms with Gasteiger partial charge < -0.3 is 9.64 Å². The molecule has 2 aliphatic rings. The number of rotatable bonds is 7. The van der Waals surface area contributed by atoms with Crippen molar-refractivity contribution in [3.05, 3.63) is 82.7 Å². The molecule has 0 spiro atoms. The van der Waals surface area contributed by atoms with E-state index < -0.39 is 12.2 Å². The molecule has 2 fully saturated rings. The lowest BCUT2D eigenvalue weighted by Gasteiger charge is -2.34. The van der Waals surface area contributed by atoms with E-state index in [-0.39, 0.29) is 17.4 Å². The van der Waals surface area contributed by atoms with Gasteiger partial charge in [0, 0.05) is 43.5 Å². The number of hydrogen-bond donors (Lipinski definition) is 0. The molecule has 38 heavy (non-hydrogen) atoms. The molecule has 0 unspecified atom stereocenters. The first-order valence-electron chi connectivity index (χ1n) is 12.5. The molecule has 1 aliphatic heterocycles. The van der Waals surface area contributed by atoms with Crippen LogP contribution in [0.5, 0.6) is 5.75 Å². The molecule has 3 aromatic rings. The number of carbonyl (C=O) groups excluding carboxylic acids is 1. The van der Waals surface area contributed by atoms with Crippen LogP contribution in [0.1, 0.15) is 45.7 Å². The van der Waals surface area contributed by atoms with Crippen LogP contribution in [0.4, 0.5) is 17.6 Å². The molecule has 5 rings (SSSR count). The van der Waals surface area contributed by atoms with Crippen molar-refractivity contribution in [1.82, 2.24) is 19.6 Å². The summed E-state index contributed by atoms with van der Waals surface area (Å²) in [6.45, 7) is 5.45. The molecule has 0 radical (unpaired) electrons. The van der Waals surface area contributed by atoms with E-state index in [9.17, 15) is 22.4 Å². The van der Waals surface area contributed by atoms with E-state index in [1.807, 2.05) is 29.2 Å². The number of carbonyl (C=O) groups is 1. The van der Waals surface area contributed by atoms with Gasteiger partial charge in [-0.3, -0.25) is 14.4 Å². The molecule has 6 nitrogen and oxygen atoms in total. The Morgan fingerprint density at radius 3 is 2.42 bits per heavy atom. The third-order valence-electron chi connectivity index (χ3n) is 6.80. The Hall–Kier alpha value is -3.66. The van der Waals surface area contributed by atoms with Crippen molar-refractivity contribution in [3.63, 3.8) is 0 Å². The van der Waals surface area contributed by atoms with Crippen LogP contribution in [0.25, 0.3) is 11.9 Å². The van der Waals surface area contributed by atoms with Crippen molar-refractivity contribution in [2.24, 2.45) is 0 Å². The highest BCUT2D eigenvalue weighted by molar-refractivity contribution is 5.94. The first kappa shape index (κ1) is 26.0. The van der Waals surface area contributed by atoms with E-state index >= 15 is 0 Å². The predicted molar refractivity (Wildman–Crippen MR) is 135 cm³/mol. The number of amides is 1. The van der Waals surface area contributed by atoms with E-state index in [2.05, 4.69) is 14.7 Å². The summed E-state index contributed by atoms with van der Waals surface area (Å²) in [6.07, 6.45) is -1.06. The fraction of sp³-hybridized carbons (Fsp3) is 0.357. The number of ether oxygens (including phenoxy) is 1. The Balaban J connectivity index is 1.24. The number of aromatic nitrogens is 2. The van der Waals surface area contributed by atoms with Gasteiger partial charge in [0.1, 0.15) is 11.4 Å². The lowest BCUT2D eigenvalue weighted by molar-refractivity contribution is -0.274. The van der Waals surface area contributed by atoms with Crippen LogP contribution in [0.2, 0.25) is 0 Å². The van der Waals surface area contributed by atoms with Crippen molar-refractivity contribution < 1.29 is 27.1 Å². The van der Waals surface area contributed by atoms with Crippen molar-refractivity contribution in [3.8, 4) is 5.75 Å². The minimum absolute atomic E-state index is 0.0146. The Morgan fingerprint density at radius 2 is 1.76 bits per heavy atom. The molecule has 1 aliphatic carbocycles. The Morgan fingerprint density at radius 1 is 1.05 bits per heavy atom. The van der Waals surface area contributed by atoms with Crippen LogP contribution >= 0.6 is 0 Å². The average molecular weight is 529 g/mol. The maximum atomic E-state index is 14.9. The van der Waals surface area contributed by atoms with Gasteiger partial charge in [0.15, 0.2) is 5.83 Å². The van der Waals surface area contributed by atoms with Crippen LogP contribution in [-0.4, -0.2) is 64.1 Å². The molecular weight excluding hydrogens is 500 g/mol. The Kier molecular flexibility index (Phi) is 7.25. The normalized spacial score (nSPS) is 17.1. The molecule has 0 N–H and O–H groups in total. The summed E-state index contributed by atoms with van der Waals surface area (Å²) in [5.74, 6) is -0.983. The van der Waals surface area contributed by atoms with Crippen LogP contribution in [-0.2, 0) is 6.54 Å². The number of benzene rings is 2. The number of piperazine rings is 1. The first-order valence-corrected chi connectivity index (χ1v) is 12.5. The highest BCUT2D eigenvalue weighted by Gasteiger charge is 2.32. The second kappa shape index (κ2) is 10.6. The van der Waals surface area contributed by atoms with Gasteiger partial charge in [-0.25, -0.2) is 4.39 Å². The molecule has 0 atom stereocenters. The van der Waals surface area contributed by atoms with Gasteiger partial charge in [0.2, 0.25) is 0 Å². The van der Waals surface area contributed by atoms with Gasteiger partial charge in [-0.15, -0.1) is 13.2 Å². The molecule has 0 bridgehead atoms. The molecule has 1 saturated heterocycles. The Labute approximate surface area is 218 Å². The highest BCUT2D eigenvalue weighted by atomic mass is 19.4. The first-order chi connectivity index (χ1) is 18.1. The van der Waals surface area contributed by atoms with Crippen LogP contribution < -0.4 is 4.74 Å². The van der Waals surface area contributed by atoms with Gasteiger partial charge >= 0.3 is 6.36 Å². The third-order valence-corrected chi connectivity index (χ3v) is 6.80. The Bertz CT molecular complexity index is 1320. The van der Waals surface area contributed by atoms with Gasteiger partial charge in [-0.05, 0) is 67.3 Å². The second-order valence-corrected chi connectivity index (χ2v) is 9.70. The quantitative estimate of drug-likeness (QED) is 0.379. The summed E-state index contributed by atoms with van der Waals surface area (Å²) in [5, 5.41) is 4.36. The minimum Gasteiger partial charge on any atom is -0.406 e. The molecule has 1 amide bonds. The maximum absolute atomic E-state index is 14.9. The molecule has 2 heterocycles. The predicted octanol–water partition coefficient (Wildman–Crippen LogP) is 5.53. The number of halogens is 4. The summed E-state index contributed by atoms with van der Waals surface area (Å²) >= 11 is 0. The van der Waals surface area contributed by atoms with Gasteiger partial charge in [0.25, 0.3) is 5.91 Å². The van der Waals surface area contributed by atoms with Crippen LogP contribution in [0, 0.1) is 6.92 Å². The second-order valence-electron chi connectivity index (χ2n) is 9.70. The smallest absolute Gasteiger partial charge is 0.406 e. The molecule has 1 saturated carbocycles. The molecule has 2 aromatic carbocycles. The largest absolute Gasteiger partial charge is 0.573 e. The van der Waals surface area contributed by atoms with Crippen molar-refractivity contribution in [1.29, 1.82) is 0 Å². The summed E-state index contributed by atoms with van der Waals surface area (Å²) in [6, 6.07) is 14.6. The van der Waals surface area contributed by atoms with E-state index in [0.717, 1.165) is 49.6 Å². The fourth-order valence-electron chi connectivity index (χ4n) is 4.66. The number of aryl methyl sites for hydroxylation is 1. The SMILES string of the molecule is Cc1cc(/C(F)=C/c2ccc(OC(F)(F)F)cc2)nn1Cc1cccc(C(=O)N2CCN(C3CC3)CC2)c1. The van der Waals surface area contributed by atoms with Crippen LogP contribution in [0.3, 0.4) is 0 Å². The zero-order chi connectivity index (χ0) is 26.9. The van der Waals surface area contributed by atoms with E-state index in [1.54, 1.807) is 17.7 Å².